The third-order valence-electron chi connectivity index (χ3n) is 4.44. The van der Waals surface area contributed by atoms with Crippen LogP contribution in [0.4, 0.5) is 11.5 Å². The Labute approximate surface area is 135 Å². The molecule has 2 aliphatic rings. The number of nitrogens with one attached hydrogen (secondary N) is 1. The number of rotatable bonds is 2. The van der Waals surface area contributed by atoms with E-state index in [0.717, 1.165) is 43.5 Å². The van der Waals surface area contributed by atoms with Crippen LogP contribution in [0.3, 0.4) is 0 Å². The van der Waals surface area contributed by atoms with E-state index < -0.39 is 0 Å². The largest absolute Gasteiger partial charge is 0.326 e. The highest BCUT2D eigenvalue weighted by Gasteiger charge is 2.25. The first-order chi connectivity index (χ1) is 10.9. The summed E-state index contributed by atoms with van der Waals surface area (Å²) in [5.74, 6) is 1.11. The first-order valence-electron chi connectivity index (χ1n) is 7.87. The molecule has 1 N–H and O–H groups in total. The van der Waals surface area contributed by atoms with Gasteiger partial charge in [0.1, 0.15) is 5.82 Å². The summed E-state index contributed by atoms with van der Waals surface area (Å²) >= 11 is 1.63. The van der Waals surface area contributed by atoms with Crippen LogP contribution in [0.1, 0.15) is 23.2 Å². The second-order valence-electron chi connectivity index (χ2n) is 5.77. The van der Waals surface area contributed by atoms with Crippen molar-refractivity contribution in [1.29, 1.82) is 0 Å². The molecule has 4 rings (SSSR count). The average molecular weight is 312 g/mol. The number of thioether (sulfide) groups is 1. The minimum absolute atomic E-state index is 0.873. The van der Waals surface area contributed by atoms with Crippen molar-refractivity contribution in [1.82, 2.24) is 15.3 Å². The maximum atomic E-state index is 4.86. The maximum Gasteiger partial charge on any atom is 0.189 e. The number of anilines is 2. The zero-order chi connectivity index (χ0) is 14.9. The Morgan fingerprint density at radius 2 is 2.09 bits per heavy atom. The minimum Gasteiger partial charge on any atom is -0.326 e. The van der Waals surface area contributed by atoms with Crippen LogP contribution >= 0.6 is 11.8 Å². The lowest BCUT2D eigenvalue weighted by molar-refractivity contribution is 0.612. The average Bonchev–Trinajstić information content (AvgIpc) is 2.60. The van der Waals surface area contributed by atoms with Crippen LogP contribution in [0, 0.1) is 0 Å². The molecule has 114 valence electrons. The molecule has 0 fully saturated rings. The number of para-hydroxylation sites is 1. The van der Waals surface area contributed by atoms with E-state index >= 15 is 0 Å². The Bertz CT molecular complexity index is 701. The van der Waals surface area contributed by atoms with Gasteiger partial charge < -0.3 is 10.2 Å². The quantitative estimate of drug-likeness (QED) is 0.682. The summed E-state index contributed by atoms with van der Waals surface area (Å²) in [6.07, 6.45) is 5.38. The van der Waals surface area contributed by atoms with Crippen molar-refractivity contribution < 1.29 is 0 Å². The topological polar surface area (TPSA) is 41.1 Å². The van der Waals surface area contributed by atoms with Crippen LogP contribution in [-0.4, -0.2) is 29.3 Å². The highest BCUT2D eigenvalue weighted by atomic mass is 32.2. The van der Waals surface area contributed by atoms with Crippen molar-refractivity contribution in [3.63, 3.8) is 0 Å². The SMILES string of the molecule is CSc1nc2c(c(N3CCCc4ccccc43)n1)CNCC2. The van der Waals surface area contributed by atoms with Crippen LogP contribution in [0.5, 0.6) is 0 Å². The van der Waals surface area contributed by atoms with Gasteiger partial charge in [-0.3, -0.25) is 0 Å². The van der Waals surface area contributed by atoms with Crippen molar-refractivity contribution in [2.75, 3.05) is 24.2 Å². The summed E-state index contributed by atoms with van der Waals surface area (Å²) in [5.41, 5.74) is 5.24. The molecule has 0 bridgehead atoms. The van der Waals surface area contributed by atoms with Gasteiger partial charge in [-0.2, -0.15) is 0 Å². The third-order valence-corrected chi connectivity index (χ3v) is 4.99. The van der Waals surface area contributed by atoms with Gasteiger partial charge in [0.2, 0.25) is 0 Å². The van der Waals surface area contributed by atoms with Gasteiger partial charge in [-0.05, 0) is 30.7 Å². The molecule has 5 heteroatoms. The Kier molecular flexibility index (Phi) is 3.76. The van der Waals surface area contributed by atoms with Gasteiger partial charge in [-0.15, -0.1) is 0 Å². The Hall–Kier alpha value is -1.59. The second kappa shape index (κ2) is 5.89. The van der Waals surface area contributed by atoms with Crippen molar-refractivity contribution in [3.05, 3.63) is 41.1 Å². The van der Waals surface area contributed by atoms with Gasteiger partial charge in [0.25, 0.3) is 0 Å². The zero-order valence-corrected chi connectivity index (χ0v) is 13.6. The second-order valence-corrected chi connectivity index (χ2v) is 6.54. The van der Waals surface area contributed by atoms with Crippen LogP contribution < -0.4 is 10.2 Å². The molecule has 0 spiro atoms. The fraction of sp³-hybridized carbons (Fsp3) is 0.412. The number of benzene rings is 1. The number of aromatic nitrogens is 2. The lowest BCUT2D eigenvalue weighted by Gasteiger charge is -2.33. The summed E-state index contributed by atoms with van der Waals surface area (Å²) in [4.78, 5) is 12.0. The van der Waals surface area contributed by atoms with Crippen molar-refractivity contribution in [2.24, 2.45) is 0 Å². The maximum absolute atomic E-state index is 4.86. The molecule has 0 unspecified atom stereocenters. The number of nitrogens with zero attached hydrogens (tertiary/aromatic N) is 3. The molecule has 1 aromatic carbocycles. The Balaban J connectivity index is 1.86. The van der Waals surface area contributed by atoms with Gasteiger partial charge in [0, 0.05) is 37.3 Å². The van der Waals surface area contributed by atoms with Crippen LogP contribution in [0.25, 0.3) is 0 Å². The fourth-order valence-electron chi connectivity index (χ4n) is 3.37. The van der Waals surface area contributed by atoms with Crippen molar-refractivity contribution in [3.8, 4) is 0 Å². The van der Waals surface area contributed by atoms with E-state index in [0.29, 0.717) is 0 Å². The molecular formula is C17H20N4S. The van der Waals surface area contributed by atoms with Crippen molar-refractivity contribution in [2.45, 2.75) is 31.0 Å². The van der Waals surface area contributed by atoms with Crippen molar-refractivity contribution >= 4 is 23.3 Å². The lowest BCUT2D eigenvalue weighted by atomic mass is 10.0. The van der Waals surface area contributed by atoms with Gasteiger partial charge in [-0.25, -0.2) is 9.97 Å². The van der Waals surface area contributed by atoms with Crippen LogP contribution in [0.15, 0.2) is 29.4 Å². The molecule has 0 radical (unpaired) electrons. The lowest BCUT2D eigenvalue weighted by Crippen LogP contribution is -2.31. The summed E-state index contributed by atoms with van der Waals surface area (Å²) in [7, 11) is 0. The monoisotopic (exact) mass is 312 g/mol. The predicted octanol–water partition coefficient (Wildman–Crippen LogP) is 2.93. The number of hydrogen-bond donors (Lipinski definition) is 1. The molecule has 0 saturated carbocycles. The van der Waals surface area contributed by atoms with E-state index in [4.69, 9.17) is 9.97 Å². The molecule has 2 aliphatic heterocycles. The molecule has 0 amide bonds. The smallest absolute Gasteiger partial charge is 0.189 e. The highest BCUT2D eigenvalue weighted by molar-refractivity contribution is 7.98. The van der Waals surface area contributed by atoms with E-state index in [2.05, 4.69) is 40.7 Å². The van der Waals surface area contributed by atoms with E-state index in [1.165, 1.54) is 28.9 Å². The molecule has 3 heterocycles. The van der Waals surface area contributed by atoms with Gasteiger partial charge in [-0.1, -0.05) is 30.0 Å². The molecule has 0 aliphatic carbocycles. The van der Waals surface area contributed by atoms with Gasteiger partial charge >= 0.3 is 0 Å². The van der Waals surface area contributed by atoms with E-state index in [9.17, 15) is 0 Å². The number of fused-ring (bicyclic) bond motifs is 2. The molecule has 2 aromatic rings. The van der Waals surface area contributed by atoms with E-state index in [1.807, 2.05) is 0 Å². The first-order valence-corrected chi connectivity index (χ1v) is 9.09. The van der Waals surface area contributed by atoms with Gasteiger partial charge in [0.05, 0.1) is 5.69 Å². The normalized spacial score (nSPS) is 17.0. The highest BCUT2D eigenvalue weighted by Crippen LogP contribution is 2.36. The molecule has 0 saturated heterocycles. The predicted molar refractivity (Wildman–Crippen MR) is 91.0 cm³/mol. The number of hydrogen-bond acceptors (Lipinski definition) is 5. The zero-order valence-electron chi connectivity index (χ0n) is 12.8. The first kappa shape index (κ1) is 14.0. The Morgan fingerprint density at radius 3 is 3.00 bits per heavy atom. The molecule has 1 aromatic heterocycles. The van der Waals surface area contributed by atoms with Crippen LogP contribution in [0.2, 0.25) is 0 Å². The molecule has 4 nitrogen and oxygen atoms in total. The number of aryl methyl sites for hydroxylation is 1. The summed E-state index contributed by atoms with van der Waals surface area (Å²) in [6.45, 7) is 2.92. The molecule has 0 atom stereocenters. The summed E-state index contributed by atoms with van der Waals surface area (Å²) in [6, 6.07) is 8.71. The van der Waals surface area contributed by atoms with E-state index in [-0.39, 0.29) is 0 Å². The fourth-order valence-corrected chi connectivity index (χ4v) is 3.75. The third kappa shape index (κ3) is 2.38. The molecular weight excluding hydrogens is 292 g/mol. The standard InChI is InChI=1S/C17H20N4S/c1-22-17-19-14-8-9-18-11-13(14)16(20-17)21-10-4-6-12-5-2-3-7-15(12)21/h2-3,5,7,18H,4,6,8-11H2,1H3. The summed E-state index contributed by atoms with van der Waals surface area (Å²) in [5, 5.41) is 4.36. The minimum atomic E-state index is 0.873. The summed E-state index contributed by atoms with van der Waals surface area (Å²) < 4.78 is 0. The Morgan fingerprint density at radius 1 is 1.18 bits per heavy atom. The van der Waals surface area contributed by atoms with Gasteiger partial charge in [0.15, 0.2) is 5.16 Å². The van der Waals surface area contributed by atoms with Crippen LogP contribution in [-0.2, 0) is 19.4 Å². The van der Waals surface area contributed by atoms with E-state index in [1.54, 1.807) is 11.8 Å². The molecule has 22 heavy (non-hydrogen) atoms.